The Bertz CT molecular complexity index is 37.8. The van der Waals surface area contributed by atoms with Crippen molar-refractivity contribution in [2.24, 2.45) is 0 Å². The summed E-state index contributed by atoms with van der Waals surface area (Å²) in [4.78, 5) is 0. The molecule has 2 radical (unpaired) electrons. The van der Waals surface area contributed by atoms with Crippen LogP contribution in [0, 0.1) is 0 Å². The van der Waals surface area contributed by atoms with Crippen molar-refractivity contribution < 1.29 is 0 Å². The fourth-order valence-electron chi connectivity index (χ4n) is 0.729. The van der Waals surface area contributed by atoms with Crippen LogP contribution in [-0.2, 0) is 0 Å². The number of unbranched alkanes of at least 4 members (excludes halogenated alkanes) is 2. The molecular weight excluding hydrogens is 97.1 g/mol. The fraction of sp³-hybridized carbons (Fsp3) is 1.00. The summed E-state index contributed by atoms with van der Waals surface area (Å²) in [7, 11) is 0. The van der Waals surface area contributed by atoms with Crippen LogP contribution < -0.4 is 0 Å². The Morgan fingerprint density at radius 2 is 1.33 bits per heavy atom. The first-order chi connectivity index (χ1) is 4.41. The Morgan fingerprint density at radius 3 is 1.67 bits per heavy atom. The van der Waals surface area contributed by atoms with Crippen molar-refractivity contribution in [2.45, 2.75) is 48.4 Å². The first-order valence-corrected chi connectivity index (χ1v) is 8.16. The molecular formula is C8H18Sn. The quantitative estimate of drug-likeness (QED) is 0.368. The summed E-state index contributed by atoms with van der Waals surface area (Å²) < 4.78 is 3.25. The fourth-order valence-corrected chi connectivity index (χ4v) is 4.89. The summed E-state index contributed by atoms with van der Waals surface area (Å²) in [6, 6.07) is 0. The van der Waals surface area contributed by atoms with Crippen molar-refractivity contribution in [2.75, 3.05) is 0 Å². The van der Waals surface area contributed by atoms with Gasteiger partial charge >= 0.3 is 69.5 Å². The number of hydrogen-bond donors (Lipinski definition) is 0. The minimum absolute atomic E-state index is 0.149. The molecule has 0 atom stereocenters. The normalized spacial score (nSPS) is 10.0. The average molecular weight is 115 g/mol. The van der Waals surface area contributed by atoms with Gasteiger partial charge in [-0.1, -0.05) is 0 Å². The Balaban J connectivity index is 2.60. The second-order valence-electron chi connectivity index (χ2n) is 2.46. The van der Waals surface area contributed by atoms with E-state index in [-0.39, 0.29) is 21.1 Å². The molecule has 1 heteroatoms. The van der Waals surface area contributed by atoms with E-state index in [0.717, 1.165) is 0 Å². The van der Waals surface area contributed by atoms with E-state index in [2.05, 4.69) is 13.8 Å². The van der Waals surface area contributed by atoms with Crippen LogP contribution in [-0.4, -0.2) is 21.1 Å². The standard InChI is InChI=1S/2C4H9.Sn/c2*1-3-4-2;/h2*1,3-4H2,2H3;/i;;1+35. The molecule has 0 saturated heterocycles. The predicted octanol–water partition coefficient (Wildman–Crippen LogP) is 3.13. The molecule has 0 aromatic heterocycles. The van der Waals surface area contributed by atoms with E-state index in [1.807, 2.05) is 0 Å². The monoisotopic (exact) mass is 115 g/mol. The van der Waals surface area contributed by atoms with Gasteiger partial charge in [0.05, 0.1) is 0 Å². The molecule has 0 N–H and O–H groups in total. The van der Waals surface area contributed by atoms with Crippen LogP contribution in [0.1, 0.15) is 39.5 Å². The van der Waals surface area contributed by atoms with Crippen LogP contribution in [0.25, 0.3) is 0 Å². The molecule has 0 aliphatic heterocycles. The summed E-state index contributed by atoms with van der Waals surface area (Å²) in [5.41, 5.74) is 0. The second-order valence-corrected chi connectivity index (χ2v) is 6.74. The van der Waals surface area contributed by atoms with Gasteiger partial charge in [0.25, 0.3) is 0 Å². The second kappa shape index (κ2) is 8.80. The summed E-state index contributed by atoms with van der Waals surface area (Å²) in [5, 5.41) is 0. The predicted molar refractivity (Wildman–Crippen MR) is 45.2 cm³/mol. The SMILES string of the molecule is CCC[CH2][1Sn][CH2]CCC. The third kappa shape index (κ3) is 8.80. The molecule has 0 fully saturated rings. The Morgan fingerprint density at radius 1 is 0.889 bits per heavy atom. The molecule has 0 saturated carbocycles. The molecule has 0 aromatic carbocycles. The zero-order chi connectivity index (χ0) is 6.95. The van der Waals surface area contributed by atoms with Gasteiger partial charge in [0.15, 0.2) is 0 Å². The van der Waals surface area contributed by atoms with E-state index in [1.54, 1.807) is 8.87 Å². The van der Waals surface area contributed by atoms with E-state index >= 15 is 0 Å². The van der Waals surface area contributed by atoms with Crippen molar-refractivity contribution in [1.29, 1.82) is 0 Å². The van der Waals surface area contributed by atoms with E-state index in [1.165, 1.54) is 25.7 Å². The molecule has 0 bridgehead atoms. The van der Waals surface area contributed by atoms with E-state index < -0.39 is 0 Å². The van der Waals surface area contributed by atoms with Crippen LogP contribution in [0.4, 0.5) is 0 Å². The van der Waals surface area contributed by atoms with Crippen molar-refractivity contribution in [3.8, 4) is 0 Å². The van der Waals surface area contributed by atoms with E-state index in [0.29, 0.717) is 0 Å². The van der Waals surface area contributed by atoms with Gasteiger partial charge in [0, 0.05) is 0 Å². The molecule has 9 heavy (non-hydrogen) atoms. The number of hydrogen-bond acceptors (Lipinski definition) is 0. The molecule has 0 unspecified atom stereocenters. The van der Waals surface area contributed by atoms with Gasteiger partial charge in [-0.2, -0.15) is 0 Å². The Labute approximate surface area is 69.6 Å². The minimum atomic E-state index is 0.149. The molecule has 0 nitrogen and oxygen atoms in total. The number of rotatable bonds is 6. The Hall–Kier alpha value is 0.799. The molecule has 0 aliphatic carbocycles. The molecule has 0 aromatic rings. The maximum atomic E-state index is 2.29. The topological polar surface area (TPSA) is 0 Å². The molecule has 0 rings (SSSR count). The van der Waals surface area contributed by atoms with Gasteiger partial charge in [-0.25, -0.2) is 0 Å². The van der Waals surface area contributed by atoms with Gasteiger partial charge in [-0.15, -0.1) is 0 Å². The van der Waals surface area contributed by atoms with Gasteiger partial charge in [-0.05, 0) is 0 Å². The van der Waals surface area contributed by atoms with Crippen LogP contribution in [0.5, 0.6) is 0 Å². The molecule has 0 heterocycles. The average Bonchev–Trinajstić information content (AvgIpc) is 1.89. The van der Waals surface area contributed by atoms with Crippen LogP contribution in [0.15, 0.2) is 0 Å². The van der Waals surface area contributed by atoms with Gasteiger partial charge < -0.3 is 0 Å². The third-order valence-electron chi connectivity index (χ3n) is 1.41. The van der Waals surface area contributed by atoms with Crippen molar-refractivity contribution >= 4 is 21.1 Å². The van der Waals surface area contributed by atoms with Gasteiger partial charge in [0.1, 0.15) is 0 Å². The first kappa shape index (κ1) is 9.80. The summed E-state index contributed by atoms with van der Waals surface area (Å²) in [5.74, 6) is 0. The van der Waals surface area contributed by atoms with Crippen molar-refractivity contribution in [3.63, 3.8) is 0 Å². The molecule has 54 valence electrons. The van der Waals surface area contributed by atoms with Crippen LogP contribution in [0.3, 0.4) is 0 Å². The van der Waals surface area contributed by atoms with E-state index in [9.17, 15) is 0 Å². The first-order valence-electron chi connectivity index (χ1n) is 4.12. The van der Waals surface area contributed by atoms with Gasteiger partial charge in [-0.3, -0.25) is 0 Å². The Kier molecular flexibility index (Phi) is 9.58. The molecule has 0 spiro atoms. The summed E-state index contributed by atoms with van der Waals surface area (Å²) in [6.45, 7) is 4.58. The summed E-state index contributed by atoms with van der Waals surface area (Å²) in [6.07, 6.45) is 5.84. The van der Waals surface area contributed by atoms with E-state index in [4.69, 9.17) is 0 Å². The molecule has 0 amide bonds. The maximum absolute atomic E-state index is 2.29. The zero-order valence-electron chi connectivity index (χ0n) is 6.74. The van der Waals surface area contributed by atoms with Crippen molar-refractivity contribution in [1.82, 2.24) is 0 Å². The zero-order valence-corrected chi connectivity index (χ0v) is 9.60. The third-order valence-corrected chi connectivity index (χ3v) is 5.45. The van der Waals surface area contributed by atoms with Crippen LogP contribution in [0.2, 0.25) is 8.87 Å². The van der Waals surface area contributed by atoms with Crippen molar-refractivity contribution in [3.05, 3.63) is 0 Å². The van der Waals surface area contributed by atoms with Crippen LogP contribution >= 0.6 is 0 Å². The van der Waals surface area contributed by atoms with Gasteiger partial charge in [0.2, 0.25) is 0 Å². The summed E-state index contributed by atoms with van der Waals surface area (Å²) >= 11 is 0.149. The molecule has 0 aliphatic rings.